The topological polar surface area (TPSA) is 171 Å². The average Bonchev–Trinajstić information content (AvgIpc) is 3.02. The fraction of sp³-hybridized carbons (Fsp3) is 0.719. The van der Waals surface area contributed by atoms with Crippen LogP contribution in [0.25, 0.3) is 0 Å². The van der Waals surface area contributed by atoms with Gasteiger partial charge in [0.1, 0.15) is 12.4 Å². The van der Waals surface area contributed by atoms with Crippen LogP contribution in [0.1, 0.15) is 69.4 Å². The number of rotatable bonds is 25. The van der Waals surface area contributed by atoms with Gasteiger partial charge in [-0.1, -0.05) is 19.4 Å². The van der Waals surface area contributed by atoms with Crippen molar-refractivity contribution in [3.8, 4) is 5.75 Å². The molecule has 13 nitrogen and oxygen atoms in total. The lowest BCUT2D eigenvalue weighted by molar-refractivity contribution is -0.195. The van der Waals surface area contributed by atoms with Gasteiger partial charge in [-0.25, -0.2) is 4.79 Å². The van der Waals surface area contributed by atoms with Gasteiger partial charge < -0.3 is 49.3 Å². The summed E-state index contributed by atoms with van der Waals surface area (Å²) in [6, 6.07) is 5.51. The SMILES string of the molecule is CCC(=O)OCc1cc(CCCOCCOCCOCCNC(=O)CCCCCNC)ccc1OC1CC(O)C[C@@H](C(=O)O)O1. The van der Waals surface area contributed by atoms with E-state index >= 15 is 0 Å². The van der Waals surface area contributed by atoms with Crippen LogP contribution in [0.2, 0.25) is 0 Å². The molecule has 2 rings (SSSR count). The molecule has 13 heteroatoms. The van der Waals surface area contributed by atoms with Crippen LogP contribution < -0.4 is 15.4 Å². The van der Waals surface area contributed by atoms with E-state index < -0.39 is 24.5 Å². The van der Waals surface area contributed by atoms with Crippen molar-refractivity contribution in [2.75, 3.05) is 59.8 Å². The highest BCUT2D eigenvalue weighted by Gasteiger charge is 2.34. The summed E-state index contributed by atoms with van der Waals surface area (Å²) in [5.74, 6) is -1.05. The number of carboxylic acids is 1. The van der Waals surface area contributed by atoms with Gasteiger partial charge in [0.2, 0.25) is 12.2 Å². The molecular formula is C32H52N2O11. The second kappa shape index (κ2) is 23.5. The fourth-order valence-electron chi connectivity index (χ4n) is 4.55. The molecule has 1 saturated heterocycles. The third-order valence-corrected chi connectivity index (χ3v) is 7.00. The molecule has 256 valence electrons. The van der Waals surface area contributed by atoms with Crippen molar-refractivity contribution in [3.63, 3.8) is 0 Å². The molecule has 0 aliphatic carbocycles. The van der Waals surface area contributed by atoms with E-state index in [1.807, 2.05) is 19.2 Å². The molecule has 3 atom stereocenters. The lowest BCUT2D eigenvalue weighted by Crippen LogP contribution is -2.42. The third-order valence-electron chi connectivity index (χ3n) is 7.00. The van der Waals surface area contributed by atoms with E-state index in [-0.39, 0.29) is 37.7 Å². The maximum atomic E-state index is 11.8. The number of aliphatic carboxylic acids is 1. The second-order valence-corrected chi connectivity index (χ2v) is 10.8. The molecule has 0 saturated carbocycles. The highest BCUT2D eigenvalue weighted by molar-refractivity contribution is 5.75. The predicted molar refractivity (Wildman–Crippen MR) is 165 cm³/mol. The van der Waals surface area contributed by atoms with Gasteiger partial charge in [-0.05, 0) is 57.0 Å². The molecule has 1 aromatic carbocycles. The number of amides is 1. The van der Waals surface area contributed by atoms with Crippen molar-refractivity contribution in [1.82, 2.24) is 10.6 Å². The number of ether oxygens (including phenoxy) is 6. The largest absolute Gasteiger partial charge is 0.479 e. The molecule has 2 unspecified atom stereocenters. The maximum absolute atomic E-state index is 11.8. The van der Waals surface area contributed by atoms with Gasteiger partial charge in [-0.2, -0.15) is 0 Å². The normalized spacial score (nSPS) is 18.0. The Hall–Kier alpha value is -2.81. The molecule has 1 aliphatic rings. The number of hydrogen-bond donors (Lipinski definition) is 4. The summed E-state index contributed by atoms with van der Waals surface area (Å²) in [4.78, 5) is 34.9. The second-order valence-electron chi connectivity index (χ2n) is 10.8. The standard InChI is InChI=1S/C32H52N2O11/c1-3-30(37)43-23-25-20-24(10-11-27(25)44-31-22-26(35)21-28(45-31)32(38)39)8-7-14-40-16-18-42-19-17-41-15-13-34-29(36)9-5-4-6-12-33-2/h10-11,20,26,28,31,33,35H,3-9,12-19,21-23H2,1-2H3,(H,34,36)(H,38,39)/t26?,28-,31?/m0/s1. The van der Waals surface area contributed by atoms with E-state index in [0.717, 1.165) is 44.2 Å². The van der Waals surface area contributed by atoms with Crippen LogP contribution in [0.5, 0.6) is 5.75 Å². The fourth-order valence-corrected chi connectivity index (χ4v) is 4.55. The monoisotopic (exact) mass is 640 g/mol. The van der Waals surface area contributed by atoms with Gasteiger partial charge in [0.15, 0.2) is 6.10 Å². The summed E-state index contributed by atoms with van der Waals surface area (Å²) in [6.45, 7) is 5.97. The van der Waals surface area contributed by atoms with Crippen molar-refractivity contribution in [3.05, 3.63) is 29.3 Å². The predicted octanol–water partition coefficient (Wildman–Crippen LogP) is 2.35. The number of carboxylic acid groups (broad SMARTS) is 1. The van der Waals surface area contributed by atoms with Crippen molar-refractivity contribution in [2.24, 2.45) is 0 Å². The van der Waals surface area contributed by atoms with Crippen molar-refractivity contribution in [1.29, 1.82) is 0 Å². The minimum atomic E-state index is -1.16. The number of carbonyl (C=O) groups is 3. The number of aliphatic hydroxyl groups excluding tert-OH is 1. The number of hydrogen-bond acceptors (Lipinski definition) is 11. The van der Waals surface area contributed by atoms with Gasteiger partial charge in [0.05, 0.1) is 39.1 Å². The Bertz CT molecular complexity index is 994. The number of esters is 1. The number of nitrogens with one attached hydrogen (secondary N) is 2. The van der Waals surface area contributed by atoms with E-state index in [1.165, 1.54) is 0 Å². The van der Waals surface area contributed by atoms with Gasteiger partial charge in [-0.3, -0.25) is 9.59 Å². The van der Waals surface area contributed by atoms with E-state index in [1.54, 1.807) is 13.0 Å². The zero-order chi connectivity index (χ0) is 32.7. The Balaban J connectivity index is 1.60. The summed E-state index contributed by atoms with van der Waals surface area (Å²) < 4.78 is 33.4. The summed E-state index contributed by atoms with van der Waals surface area (Å²) in [5.41, 5.74) is 1.62. The highest BCUT2D eigenvalue weighted by Crippen LogP contribution is 2.28. The number of benzene rings is 1. The zero-order valence-corrected chi connectivity index (χ0v) is 26.8. The zero-order valence-electron chi connectivity index (χ0n) is 26.8. The Morgan fingerprint density at radius 1 is 0.933 bits per heavy atom. The lowest BCUT2D eigenvalue weighted by atomic mass is 10.0. The first-order valence-electron chi connectivity index (χ1n) is 16.0. The van der Waals surface area contributed by atoms with Crippen LogP contribution in [0.3, 0.4) is 0 Å². The molecule has 0 radical (unpaired) electrons. The van der Waals surface area contributed by atoms with E-state index in [2.05, 4.69) is 10.6 Å². The van der Waals surface area contributed by atoms with E-state index in [4.69, 9.17) is 28.4 Å². The Labute approximate surface area is 266 Å². The molecular weight excluding hydrogens is 588 g/mol. The van der Waals surface area contributed by atoms with Crippen LogP contribution >= 0.6 is 0 Å². The van der Waals surface area contributed by atoms with Crippen molar-refractivity contribution in [2.45, 2.75) is 89.8 Å². The molecule has 4 N–H and O–H groups in total. The molecule has 1 amide bonds. The Morgan fingerprint density at radius 2 is 1.67 bits per heavy atom. The minimum Gasteiger partial charge on any atom is -0.479 e. The Kier molecular flexibility index (Phi) is 20.1. The van der Waals surface area contributed by atoms with Gasteiger partial charge in [0, 0.05) is 44.4 Å². The van der Waals surface area contributed by atoms with Gasteiger partial charge in [-0.15, -0.1) is 0 Å². The highest BCUT2D eigenvalue weighted by atomic mass is 16.7. The third kappa shape index (κ3) is 17.5. The lowest BCUT2D eigenvalue weighted by Gasteiger charge is -2.31. The van der Waals surface area contributed by atoms with Gasteiger partial charge >= 0.3 is 11.9 Å². The van der Waals surface area contributed by atoms with Crippen molar-refractivity contribution < 1.29 is 53.0 Å². The summed E-state index contributed by atoms with van der Waals surface area (Å²) >= 11 is 0. The first-order chi connectivity index (χ1) is 21.8. The molecule has 45 heavy (non-hydrogen) atoms. The van der Waals surface area contributed by atoms with Crippen LogP contribution in [-0.2, 0) is 51.1 Å². The minimum absolute atomic E-state index is 0.00205. The molecule has 1 aliphatic heterocycles. The Morgan fingerprint density at radius 3 is 2.38 bits per heavy atom. The average molecular weight is 641 g/mol. The van der Waals surface area contributed by atoms with E-state index in [0.29, 0.717) is 63.9 Å². The first-order valence-corrected chi connectivity index (χ1v) is 16.0. The van der Waals surface area contributed by atoms with Crippen LogP contribution in [0.15, 0.2) is 18.2 Å². The molecule has 1 heterocycles. The summed E-state index contributed by atoms with van der Waals surface area (Å²) in [7, 11) is 1.92. The molecule has 0 bridgehead atoms. The maximum Gasteiger partial charge on any atom is 0.333 e. The first kappa shape index (κ1) is 38.4. The number of aliphatic hydroxyl groups is 1. The van der Waals surface area contributed by atoms with Gasteiger partial charge in [0.25, 0.3) is 0 Å². The molecule has 0 spiro atoms. The molecule has 1 aromatic rings. The summed E-state index contributed by atoms with van der Waals surface area (Å²) in [6.07, 6.45) is 2.45. The van der Waals surface area contributed by atoms with Crippen LogP contribution in [0.4, 0.5) is 0 Å². The molecule has 1 fully saturated rings. The van der Waals surface area contributed by atoms with E-state index in [9.17, 15) is 24.6 Å². The number of unbranched alkanes of at least 4 members (excludes halogenated alkanes) is 2. The number of carbonyl (C=O) groups excluding carboxylic acids is 2. The summed E-state index contributed by atoms with van der Waals surface area (Å²) in [5, 5.41) is 25.3. The smallest absolute Gasteiger partial charge is 0.333 e. The molecule has 0 aromatic heterocycles. The number of aryl methyl sites for hydroxylation is 1. The van der Waals surface area contributed by atoms with Crippen LogP contribution in [-0.4, -0.2) is 106 Å². The quantitative estimate of drug-likeness (QED) is 0.0910. The van der Waals surface area contributed by atoms with Crippen LogP contribution in [0, 0.1) is 0 Å². The van der Waals surface area contributed by atoms with Crippen molar-refractivity contribution >= 4 is 17.8 Å².